The Bertz CT molecular complexity index is 360. The van der Waals surface area contributed by atoms with Crippen LogP contribution in [0.3, 0.4) is 0 Å². The molecule has 1 amide bonds. The largest absolute Gasteiger partial charge is 0.364 e. The van der Waals surface area contributed by atoms with Gasteiger partial charge in [0.2, 0.25) is 0 Å². The maximum absolute atomic E-state index is 10.9. The average Bonchev–Trinajstić information content (AvgIpc) is 2.30. The molecule has 2 heterocycles. The van der Waals surface area contributed by atoms with Crippen molar-refractivity contribution in [3.63, 3.8) is 0 Å². The van der Waals surface area contributed by atoms with E-state index >= 15 is 0 Å². The number of primary amides is 1. The van der Waals surface area contributed by atoms with Gasteiger partial charge in [0.05, 0.1) is 6.04 Å². The SMILES string of the molecule is NC(=O)c1ccnc(C2CCCCN2)n1. The summed E-state index contributed by atoms with van der Waals surface area (Å²) in [5, 5.41) is 3.32. The van der Waals surface area contributed by atoms with Crippen LogP contribution in [0.25, 0.3) is 0 Å². The number of piperidine rings is 1. The molecule has 15 heavy (non-hydrogen) atoms. The minimum Gasteiger partial charge on any atom is -0.364 e. The van der Waals surface area contributed by atoms with Gasteiger partial charge in [0.25, 0.3) is 5.91 Å². The summed E-state index contributed by atoms with van der Waals surface area (Å²) in [6, 6.07) is 1.70. The zero-order valence-electron chi connectivity index (χ0n) is 8.44. The zero-order valence-corrected chi connectivity index (χ0v) is 8.44. The molecule has 0 spiro atoms. The molecule has 0 radical (unpaired) electrons. The topological polar surface area (TPSA) is 80.9 Å². The molecule has 2 rings (SSSR count). The molecule has 0 aromatic carbocycles. The second-order valence-electron chi connectivity index (χ2n) is 3.67. The van der Waals surface area contributed by atoms with Crippen LogP contribution >= 0.6 is 0 Å². The van der Waals surface area contributed by atoms with E-state index in [2.05, 4.69) is 15.3 Å². The normalized spacial score (nSPS) is 21.2. The quantitative estimate of drug-likeness (QED) is 0.733. The van der Waals surface area contributed by atoms with Crippen molar-refractivity contribution in [1.82, 2.24) is 15.3 Å². The number of nitrogens with zero attached hydrogens (tertiary/aromatic N) is 2. The number of carbonyl (C=O) groups is 1. The van der Waals surface area contributed by atoms with Crippen molar-refractivity contribution in [1.29, 1.82) is 0 Å². The van der Waals surface area contributed by atoms with E-state index in [0.717, 1.165) is 13.0 Å². The Balaban J connectivity index is 2.19. The fourth-order valence-corrected chi connectivity index (χ4v) is 1.75. The number of nitrogens with one attached hydrogen (secondary N) is 1. The summed E-state index contributed by atoms with van der Waals surface area (Å²) in [7, 11) is 0. The molecule has 5 nitrogen and oxygen atoms in total. The zero-order chi connectivity index (χ0) is 10.7. The molecule has 3 N–H and O–H groups in total. The van der Waals surface area contributed by atoms with Crippen molar-refractivity contribution >= 4 is 5.91 Å². The second-order valence-corrected chi connectivity index (χ2v) is 3.67. The van der Waals surface area contributed by atoms with Crippen LogP contribution in [0.1, 0.15) is 41.6 Å². The molecular formula is C10H14N4O. The highest BCUT2D eigenvalue weighted by Crippen LogP contribution is 2.19. The Kier molecular flexibility index (Phi) is 2.91. The second kappa shape index (κ2) is 4.35. The first kappa shape index (κ1) is 10.0. The van der Waals surface area contributed by atoms with E-state index < -0.39 is 5.91 Å². The fraction of sp³-hybridized carbons (Fsp3) is 0.500. The first-order chi connectivity index (χ1) is 7.27. The first-order valence-corrected chi connectivity index (χ1v) is 5.13. The van der Waals surface area contributed by atoms with E-state index in [1.54, 1.807) is 6.20 Å². The maximum atomic E-state index is 10.9. The van der Waals surface area contributed by atoms with Crippen LogP contribution in [0.15, 0.2) is 12.3 Å². The number of nitrogens with two attached hydrogens (primary N) is 1. The molecule has 80 valence electrons. The average molecular weight is 206 g/mol. The van der Waals surface area contributed by atoms with E-state index in [-0.39, 0.29) is 11.7 Å². The van der Waals surface area contributed by atoms with Crippen LogP contribution in [0.4, 0.5) is 0 Å². The monoisotopic (exact) mass is 206 g/mol. The third kappa shape index (κ3) is 2.30. The van der Waals surface area contributed by atoms with E-state index in [1.165, 1.54) is 18.9 Å². The smallest absolute Gasteiger partial charge is 0.267 e. The van der Waals surface area contributed by atoms with E-state index in [4.69, 9.17) is 5.73 Å². The summed E-state index contributed by atoms with van der Waals surface area (Å²) in [5.74, 6) is 0.167. The molecule has 1 saturated heterocycles. The highest BCUT2D eigenvalue weighted by atomic mass is 16.1. The summed E-state index contributed by atoms with van der Waals surface area (Å²) in [4.78, 5) is 19.3. The van der Waals surface area contributed by atoms with Crippen LogP contribution in [0, 0.1) is 0 Å². The molecule has 1 unspecified atom stereocenters. The first-order valence-electron chi connectivity index (χ1n) is 5.13. The molecule has 1 aromatic heterocycles. The van der Waals surface area contributed by atoms with Gasteiger partial charge in [-0.15, -0.1) is 0 Å². The lowest BCUT2D eigenvalue weighted by Gasteiger charge is -2.21. The summed E-state index contributed by atoms with van der Waals surface area (Å²) < 4.78 is 0. The van der Waals surface area contributed by atoms with Crippen molar-refractivity contribution in [3.05, 3.63) is 23.8 Å². The molecular weight excluding hydrogens is 192 g/mol. The third-order valence-corrected chi connectivity index (χ3v) is 2.55. The lowest BCUT2D eigenvalue weighted by Crippen LogP contribution is -2.29. The lowest BCUT2D eigenvalue weighted by molar-refractivity contribution is 0.0995. The highest BCUT2D eigenvalue weighted by molar-refractivity contribution is 5.90. The van der Waals surface area contributed by atoms with Gasteiger partial charge in [-0.25, -0.2) is 9.97 Å². The van der Waals surface area contributed by atoms with Gasteiger partial charge < -0.3 is 11.1 Å². The Hall–Kier alpha value is -1.49. The number of aromatic nitrogens is 2. The molecule has 1 aromatic rings. The van der Waals surface area contributed by atoms with Gasteiger partial charge in [-0.2, -0.15) is 0 Å². The lowest BCUT2D eigenvalue weighted by atomic mass is 10.0. The summed E-state index contributed by atoms with van der Waals surface area (Å²) in [5.41, 5.74) is 5.45. The Morgan fingerprint density at radius 3 is 3.07 bits per heavy atom. The summed E-state index contributed by atoms with van der Waals surface area (Å²) >= 11 is 0. The molecule has 1 fully saturated rings. The summed E-state index contributed by atoms with van der Waals surface area (Å²) in [6.45, 7) is 0.981. The number of carbonyl (C=O) groups excluding carboxylic acids is 1. The molecule has 1 aliphatic heterocycles. The Morgan fingerprint density at radius 2 is 2.40 bits per heavy atom. The van der Waals surface area contributed by atoms with Crippen molar-refractivity contribution in [3.8, 4) is 0 Å². The minimum absolute atomic E-state index is 0.165. The van der Waals surface area contributed by atoms with Crippen LogP contribution in [0.5, 0.6) is 0 Å². The van der Waals surface area contributed by atoms with E-state index in [1.807, 2.05) is 0 Å². The molecule has 1 atom stereocenters. The van der Waals surface area contributed by atoms with Gasteiger partial charge in [0.15, 0.2) is 0 Å². The number of hydrogen-bond donors (Lipinski definition) is 2. The van der Waals surface area contributed by atoms with Crippen LogP contribution in [-0.2, 0) is 0 Å². The Labute approximate surface area is 88.1 Å². The van der Waals surface area contributed by atoms with E-state index in [0.29, 0.717) is 5.82 Å². The molecule has 1 aliphatic rings. The van der Waals surface area contributed by atoms with Crippen LogP contribution in [0.2, 0.25) is 0 Å². The van der Waals surface area contributed by atoms with Gasteiger partial charge in [-0.3, -0.25) is 4.79 Å². The molecule has 0 bridgehead atoms. The van der Waals surface area contributed by atoms with Crippen molar-refractivity contribution in [2.45, 2.75) is 25.3 Å². The minimum atomic E-state index is -0.505. The van der Waals surface area contributed by atoms with Gasteiger partial charge in [0, 0.05) is 6.20 Å². The van der Waals surface area contributed by atoms with E-state index in [9.17, 15) is 4.79 Å². The highest BCUT2D eigenvalue weighted by Gasteiger charge is 2.18. The third-order valence-electron chi connectivity index (χ3n) is 2.55. The molecule has 0 saturated carbocycles. The number of amides is 1. The number of hydrogen-bond acceptors (Lipinski definition) is 4. The van der Waals surface area contributed by atoms with Crippen LogP contribution < -0.4 is 11.1 Å². The van der Waals surface area contributed by atoms with Gasteiger partial charge in [-0.1, -0.05) is 6.42 Å². The Morgan fingerprint density at radius 1 is 1.53 bits per heavy atom. The standard InChI is InChI=1S/C10H14N4O/c11-9(15)7-4-6-13-10(14-7)8-3-1-2-5-12-8/h4,6,8,12H,1-3,5H2,(H2,11,15). The van der Waals surface area contributed by atoms with Crippen molar-refractivity contribution in [2.24, 2.45) is 5.73 Å². The number of rotatable bonds is 2. The molecule has 0 aliphatic carbocycles. The fourth-order valence-electron chi connectivity index (χ4n) is 1.75. The van der Waals surface area contributed by atoms with Gasteiger partial charge in [0.1, 0.15) is 11.5 Å². The maximum Gasteiger partial charge on any atom is 0.267 e. The van der Waals surface area contributed by atoms with Gasteiger partial charge >= 0.3 is 0 Å². The predicted octanol–water partition coefficient (Wildman–Crippen LogP) is 0.390. The van der Waals surface area contributed by atoms with Gasteiger partial charge in [-0.05, 0) is 25.5 Å². The summed E-state index contributed by atoms with van der Waals surface area (Å²) in [6.07, 6.45) is 4.95. The molecule has 5 heteroatoms. The van der Waals surface area contributed by atoms with Crippen LogP contribution in [-0.4, -0.2) is 22.4 Å². The van der Waals surface area contributed by atoms with Crippen molar-refractivity contribution in [2.75, 3.05) is 6.54 Å². The van der Waals surface area contributed by atoms with Crippen molar-refractivity contribution < 1.29 is 4.79 Å². The predicted molar refractivity (Wildman–Crippen MR) is 55.1 cm³/mol.